The molecule has 0 aromatic heterocycles. The molecule has 2 N–H and O–H groups in total. The Morgan fingerprint density at radius 1 is 1.29 bits per heavy atom. The van der Waals surface area contributed by atoms with Gasteiger partial charge in [-0.05, 0) is 55.3 Å². The van der Waals surface area contributed by atoms with Gasteiger partial charge in [0, 0.05) is 16.6 Å². The molecule has 1 atom stereocenters. The lowest BCUT2D eigenvalue weighted by Gasteiger charge is -2.15. The van der Waals surface area contributed by atoms with Gasteiger partial charge in [0.25, 0.3) is 0 Å². The summed E-state index contributed by atoms with van der Waals surface area (Å²) in [6.07, 6.45) is 0. The normalized spacial score (nSPS) is 11.8. The number of aryl methyl sites for hydroxylation is 1. The Balaban J connectivity index is 2.19. The van der Waals surface area contributed by atoms with Gasteiger partial charge >= 0.3 is 0 Å². The Bertz CT molecular complexity index is 690. The number of nitrogens with zero attached hydrogens (tertiary/aromatic N) is 1. The highest BCUT2D eigenvalue weighted by Crippen LogP contribution is 2.28. The Morgan fingerprint density at radius 2 is 2.05 bits per heavy atom. The number of halogens is 1. The van der Waals surface area contributed by atoms with Crippen molar-refractivity contribution in [1.29, 1.82) is 5.26 Å². The Kier molecular flexibility index (Phi) is 4.85. The maximum atomic E-state index is 8.88. The van der Waals surface area contributed by atoms with Crippen LogP contribution in [0.5, 0.6) is 5.75 Å². The van der Waals surface area contributed by atoms with E-state index < -0.39 is 0 Å². The van der Waals surface area contributed by atoms with Gasteiger partial charge in [0.2, 0.25) is 0 Å². The summed E-state index contributed by atoms with van der Waals surface area (Å²) in [7, 11) is 0. The maximum Gasteiger partial charge on any atom is 0.124 e. The molecule has 0 saturated heterocycles. The molecule has 1 unspecified atom stereocenters. The number of hydrogen-bond donors (Lipinski definition) is 1. The molecular formula is C17H17ClN2O. The molecule has 0 saturated carbocycles. The Hall–Kier alpha value is -2.02. The van der Waals surface area contributed by atoms with Gasteiger partial charge in [0.05, 0.1) is 11.6 Å². The van der Waals surface area contributed by atoms with Crippen molar-refractivity contribution in [3.8, 4) is 11.8 Å². The van der Waals surface area contributed by atoms with Crippen molar-refractivity contribution in [3.63, 3.8) is 0 Å². The highest BCUT2D eigenvalue weighted by atomic mass is 35.5. The average molecular weight is 301 g/mol. The molecule has 0 spiro atoms. The van der Waals surface area contributed by atoms with Gasteiger partial charge in [-0.1, -0.05) is 17.7 Å². The van der Waals surface area contributed by atoms with Gasteiger partial charge < -0.3 is 10.5 Å². The van der Waals surface area contributed by atoms with Crippen LogP contribution in [0.2, 0.25) is 5.02 Å². The molecule has 21 heavy (non-hydrogen) atoms. The molecule has 0 fully saturated rings. The van der Waals surface area contributed by atoms with Crippen LogP contribution in [0.25, 0.3) is 0 Å². The van der Waals surface area contributed by atoms with Gasteiger partial charge in [0.1, 0.15) is 12.4 Å². The van der Waals surface area contributed by atoms with Crippen LogP contribution in [-0.2, 0) is 6.61 Å². The lowest BCUT2D eigenvalue weighted by Crippen LogP contribution is -2.08. The van der Waals surface area contributed by atoms with Crippen molar-refractivity contribution in [2.75, 3.05) is 0 Å². The summed E-state index contributed by atoms with van der Waals surface area (Å²) in [6.45, 7) is 4.29. The number of rotatable bonds is 4. The van der Waals surface area contributed by atoms with Gasteiger partial charge in [0.15, 0.2) is 0 Å². The van der Waals surface area contributed by atoms with Crippen molar-refractivity contribution in [2.45, 2.75) is 26.5 Å². The molecule has 0 aliphatic rings. The molecule has 0 aliphatic heterocycles. The molecular weight excluding hydrogens is 284 g/mol. The molecule has 2 rings (SSSR count). The minimum atomic E-state index is -0.152. The van der Waals surface area contributed by atoms with E-state index in [-0.39, 0.29) is 6.04 Å². The zero-order valence-electron chi connectivity index (χ0n) is 12.1. The van der Waals surface area contributed by atoms with E-state index in [0.29, 0.717) is 17.2 Å². The largest absolute Gasteiger partial charge is 0.489 e. The van der Waals surface area contributed by atoms with Gasteiger partial charge in [-0.15, -0.1) is 0 Å². The number of nitriles is 1. The first kappa shape index (κ1) is 15.4. The number of benzene rings is 2. The summed E-state index contributed by atoms with van der Waals surface area (Å²) in [4.78, 5) is 0. The van der Waals surface area contributed by atoms with Crippen LogP contribution in [-0.4, -0.2) is 0 Å². The van der Waals surface area contributed by atoms with E-state index in [1.807, 2.05) is 38.1 Å². The van der Waals surface area contributed by atoms with Crippen LogP contribution in [0.4, 0.5) is 0 Å². The predicted octanol–water partition coefficient (Wildman–Crippen LogP) is 4.12. The van der Waals surface area contributed by atoms with E-state index >= 15 is 0 Å². The second-order valence-corrected chi connectivity index (χ2v) is 5.45. The number of ether oxygens (including phenoxy) is 1. The minimum absolute atomic E-state index is 0.152. The monoisotopic (exact) mass is 300 g/mol. The van der Waals surface area contributed by atoms with E-state index in [2.05, 4.69) is 6.07 Å². The van der Waals surface area contributed by atoms with Crippen molar-refractivity contribution >= 4 is 11.6 Å². The zero-order chi connectivity index (χ0) is 15.4. The second-order valence-electron chi connectivity index (χ2n) is 5.01. The lowest BCUT2D eigenvalue weighted by molar-refractivity contribution is 0.300. The standard InChI is InChI=1S/C17H17ClN2O/c1-11-7-13(9-19)3-4-14(11)10-21-17-6-5-15(18)8-16(17)12(2)20/h3-8,12H,10,20H2,1-2H3. The van der Waals surface area contributed by atoms with Crippen LogP contribution in [0.15, 0.2) is 36.4 Å². The Morgan fingerprint density at radius 3 is 2.67 bits per heavy atom. The maximum absolute atomic E-state index is 8.88. The summed E-state index contributed by atoms with van der Waals surface area (Å²) in [5.74, 6) is 0.734. The summed E-state index contributed by atoms with van der Waals surface area (Å²) in [5.41, 5.74) is 9.55. The molecule has 0 bridgehead atoms. The molecule has 3 nitrogen and oxygen atoms in total. The van der Waals surface area contributed by atoms with Crippen molar-refractivity contribution in [2.24, 2.45) is 5.73 Å². The first-order chi connectivity index (χ1) is 10.0. The smallest absolute Gasteiger partial charge is 0.124 e. The van der Waals surface area contributed by atoms with Crippen LogP contribution < -0.4 is 10.5 Å². The fourth-order valence-electron chi connectivity index (χ4n) is 2.09. The van der Waals surface area contributed by atoms with Crippen molar-refractivity contribution < 1.29 is 4.74 Å². The molecule has 2 aromatic carbocycles. The lowest BCUT2D eigenvalue weighted by atomic mass is 10.1. The predicted molar refractivity (Wildman–Crippen MR) is 84.3 cm³/mol. The van der Waals surface area contributed by atoms with E-state index in [0.717, 1.165) is 22.4 Å². The van der Waals surface area contributed by atoms with Gasteiger partial charge in [-0.25, -0.2) is 0 Å². The first-order valence-corrected chi connectivity index (χ1v) is 7.06. The van der Waals surface area contributed by atoms with Crippen LogP contribution in [0, 0.1) is 18.3 Å². The van der Waals surface area contributed by atoms with Gasteiger partial charge in [-0.3, -0.25) is 0 Å². The first-order valence-electron chi connectivity index (χ1n) is 6.68. The quantitative estimate of drug-likeness (QED) is 0.924. The van der Waals surface area contributed by atoms with Crippen molar-refractivity contribution in [3.05, 3.63) is 63.7 Å². The molecule has 0 radical (unpaired) electrons. The van der Waals surface area contributed by atoms with E-state index in [1.165, 1.54) is 0 Å². The SMILES string of the molecule is Cc1cc(C#N)ccc1COc1ccc(Cl)cc1C(C)N. The highest BCUT2D eigenvalue weighted by Gasteiger charge is 2.10. The van der Waals surface area contributed by atoms with E-state index in [9.17, 15) is 0 Å². The molecule has 108 valence electrons. The fraction of sp³-hybridized carbons (Fsp3) is 0.235. The molecule has 0 heterocycles. The third-order valence-electron chi connectivity index (χ3n) is 3.32. The number of hydrogen-bond acceptors (Lipinski definition) is 3. The van der Waals surface area contributed by atoms with E-state index in [4.69, 9.17) is 27.3 Å². The van der Waals surface area contributed by atoms with Crippen LogP contribution in [0.3, 0.4) is 0 Å². The second kappa shape index (κ2) is 6.62. The molecule has 2 aromatic rings. The topological polar surface area (TPSA) is 59.0 Å². The molecule has 4 heteroatoms. The van der Waals surface area contributed by atoms with Crippen molar-refractivity contribution in [1.82, 2.24) is 0 Å². The van der Waals surface area contributed by atoms with Crippen LogP contribution >= 0.6 is 11.6 Å². The summed E-state index contributed by atoms with van der Waals surface area (Å²) < 4.78 is 5.87. The average Bonchev–Trinajstić information content (AvgIpc) is 2.46. The molecule has 0 amide bonds. The third-order valence-corrected chi connectivity index (χ3v) is 3.55. The minimum Gasteiger partial charge on any atom is -0.489 e. The third kappa shape index (κ3) is 3.75. The zero-order valence-corrected chi connectivity index (χ0v) is 12.8. The van der Waals surface area contributed by atoms with Crippen LogP contribution in [0.1, 0.15) is 35.2 Å². The molecule has 0 aliphatic carbocycles. The Labute approximate surface area is 129 Å². The van der Waals surface area contributed by atoms with Gasteiger partial charge in [-0.2, -0.15) is 5.26 Å². The van der Waals surface area contributed by atoms with E-state index in [1.54, 1.807) is 12.1 Å². The highest BCUT2D eigenvalue weighted by molar-refractivity contribution is 6.30. The number of nitrogens with two attached hydrogens (primary N) is 1. The fourth-order valence-corrected chi connectivity index (χ4v) is 2.27. The summed E-state index contributed by atoms with van der Waals surface area (Å²) >= 11 is 5.99. The summed E-state index contributed by atoms with van der Waals surface area (Å²) in [5, 5.41) is 9.52. The summed E-state index contributed by atoms with van der Waals surface area (Å²) in [6, 6.07) is 13.0.